The van der Waals surface area contributed by atoms with Crippen LogP contribution in [0.5, 0.6) is 0 Å². The van der Waals surface area contributed by atoms with E-state index < -0.39 is 10.0 Å². The lowest BCUT2D eigenvalue weighted by Gasteiger charge is -2.02. The normalized spacial score (nSPS) is 16.9. The molecule has 5 nitrogen and oxygen atoms in total. The maximum atomic E-state index is 11.8. The second-order valence-corrected chi connectivity index (χ2v) is 5.42. The van der Waals surface area contributed by atoms with Crippen LogP contribution in [0.15, 0.2) is 15.4 Å². The Bertz CT molecular complexity index is 460. The van der Waals surface area contributed by atoms with Crippen LogP contribution >= 0.6 is 0 Å². The van der Waals surface area contributed by atoms with E-state index in [-0.39, 0.29) is 17.5 Å². The van der Waals surface area contributed by atoms with Crippen molar-refractivity contribution >= 4 is 10.0 Å². The Hall–Kier alpha value is -0.850. The predicted octanol–water partition coefficient (Wildman–Crippen LogP) is 0.487. The van der Waals surface area contributed by atoms with E-state index in [0.29, 0.717) is 11.5 Å². The summed E-state index contributed by atoms with van der Waals surface area (Å²) in [7, 11) is -3.42. The number of sulfonamides is 1. The summed E-state index contributed by atoms with van der Waals surface area (Å²) in [5, 5.41) is 0. The first-order valence-corrected chi connectivity index (χ1v) is 6.33. The number of hydrogen-bond acceptors (Lipinski definition) is 4. The van der Waals surface area contributed by atoms with Crippen LogP contribution in [0, 0.1) is 6.92 Å². The average molecular weight is 230 g/mol. The van der Waals surface area contributed by atoms with Gasteiger partial charge in [0, 0.05) is 12.1 Å². The summed E-state index contributed by atoms with van der Waals surface area (Å²) in [5.41, 5.74) is 5.38. The summed E-state index contributed by atoms with van der Waals surface area (Å²) in [6.45, 7) is 1.83. The van der Waals surface area contributed by atoms with Gasteiger partial charge >= 0.3 is 0 Å². The molecule has 0 atom stereocenters. The Morgan fingerprint density at radius 1 is 1.60 bits per heavy atom. The zero-order chi connectivity index (χ0) is 11.1. The first-order chi connectivity index (χ1) is 7.03. The number of aryl methyl sites for hydroxylation is 1. The zero-order valence-corrected chi connectivity index (χ0v) is 9.30. The number of rotatable bonds is 4. The molecule has 1 saturated carbocycles. The Morgan fingerprint density at radius 3 is 2.73 bits per heavy atom. The van der Waals surface area contributed by atoms with Crippen molar-refractivity contribution in [2.45, 2.75) is 37.2 Å². The lowest BCUT2D eigenvalue weighted by molar-refractivity contribution is 0.478. The molecule has 0 radical (unpaired) electrons. The van der Waals surface area contributed by atoms with E-state index in [4.69, 9.17) is 10.2 Å². The van der Waals surface area contributed by atoms with Gasteiger partial charge in [-0.3, -0.25) is 0 Å². The molecule has 1 aliphatic carbocycles. The molecule has 2 rings (SSSR count). The maximum absolute atomic E-state index is 11.8. The van der Waals surface area contributed by atoms with Crippen molar-refractivity contribution in [2.24, 2.45) is 5.73 Å². The fourth-order valence-electron chi connectivity index (χ4n) is 1.38. The van der Waals surface area contributed by atoms with E-state index in [0.717, 1.165) is 12.8 Å². The van der Waals surface area contributed by atoms with Crippen molar-refractivity contribution in [3.8, 4) is 0 Å². The SMILES string of the molecule is Cc1oc(CN)cc1S(=O)(=O)NC1CC1. The molecule has 0 bridgehead atoms. The lowest BCUT2D eigenvalue weighted by atomic mass is 10.4. The van der Waals surface area contributed by atoms with E-state index in [1.165, 1.54) is 6.07 Å². The van der Waals surface area contributed by atoms with E-state index in [2.05, 4.69) is 4.72 Å². The van der Waals surface area contributed by atoms with Crippen molar-refractivity contribution in [1.29, 1.82) is 0 Å². The quantitative estimate of drug-likeness (QED) is 0.788. The molecule has 1 aromatic rings. The van der Waals surface area contributed by atoms with Gasteiger partial charge in [-0.25, -0.2) is 13.1 Å². The second kappa shape index (κ2) is 3.62. The van der Waals surface area contributed by atoms with Crippen LogP contribution in [0.3, 0.4) is 0 Å². The van der Waals surface area contributed by atoms with Crippen LogP contribution in [0.2, 0.25) is 0 Å². The van der Waals surface area contributed by atoms with Crippen molar-refractivity contribution < 1.29 is 12.8 Å². The molecule has 1 aromatic heterocycles. The Morgan fingerprint density at radius 2 is 2.27 bits per heavy atom. The van der Waals surface area contributed by atoms with Crippen molar-refractivity contribution in [3.05, 3.63) is 17.6 Å². The zero-order valence-electron chi connectivity index (χ0n) is 8.49. The van der Waals surface area contributed by atoms with Crippen LogP contribution in [-0.2, 0) is 16.6 Å². The summed E-state index contributed by atoms with van der Waals surface area (Å²) < 4.78 is 31.4. The smallest absolute Gasteiger partial charge is 0.244 e. The van der Waals surface area contributed by atoms with Gasteiger partial charge in [-0.2, -0.15) is 0 Å². The summed E-state index contributed by atoms with van der Waals surface area (Å²) >= 11 is 0. The molecular weight excluding hydrogens is 216 g/mol. The minimum Gasteiger partial charge on any atom is -0.464 e. The molecule has 1 aliphatic rings. The van der Waals surface area contributed by atoms with Gasteiger partial charge in [0.25, 0.3) is 0 Å². The standard InChI is InChI=1S/C9H14N2O3S/c1-6-9(4-8(5-10)14-6)15(12,13)11-7-2-3-7/h4,7,11H,2-3,5,10H2,1H3. The molecular formula is C9H14N2O3S. The Balaban J connectivity index is 2.30. The summed E-state index contributed by atoms with van der Waals surface area (Å²) in [6.07, 6.45) is 1.83. The van der Waals surface area contributed by atoms with Gasteiger partial charge in [0.15, 0.2) is 0 Å². The van der Waals surface area contributed by atoms with Crippen molar-refractivity contribution in [2.75, 3.05) is 0 Å². The van der Waals surface area contributed by atoms with Crippen molar-refractivity contribution in [1.82, 2.24) is 4.72 Å². The van der Waals surface area contributed by atoms with Crippen LogP contribution < -0.4 is 10.5 Å². The van der Waals surface area contributed by atoms with Gasteiger partial charge in [-0.15, -0.1) is 0 Å². The third-order valence-electron chi connectivity index (χ3n) is 2.31. The molecule has 15 heavy (non-hydrogen) atoms. The number of furan rings is 1. The van der Waals surface area contributed by atoms with Gasteiger partial charge in [-0.1, -0.05) is 0 Å². The third kappa shape index (κ3) is 2.22. The highest BCUT2D eigenvalue weighted by molar-refractivity contribution is 7.89. The fourth-order valence-corrected chi connectivity index (χ4v) is 2.88. The topological polar surface area (TPSA) is 85.3 Å². The maximum Gasteiger partial charge on any atom is 0.244 e. The van der Waals surface area contributed by atoms with Gasteiger partial charge in [0.05, 0.1) is 6.54 Å². The van der Waals surface area contributed by atoms with Gasteiger partial charge in [0.2, 0.25) is 10.0 Å². The molecule has 0 amide bonds. The highest BCUT2D eigenvalue weighted by atomic mass is 32.2. The molecule has 1 fully saturated rings. The molecule has 0 aliphatic heterocycles. The van der Waals surface area contributed by atoms with E-state index in [1.54, 1.807) is 6.92 Å². The van der Waals surface area contributed by atoms with E-state index in [9.17, 15) is 8.42 Å². The summed E-state index contributed by atoms with van der Waals surface area (Å²) in [4.78, 5) is 0.204. The Labute approximate surface area is 88.7 Å². The Kier molecular flexibility index (Phi) is 2.57. The minimum absolute atomic E-state index is 0.102. The third-order valence-corrected chi connectivity index (χ3v) is 3.94. The molecule has 0 unspecified atom stereocenters. The van der Waals surface area contributed by atoms with Gasteiger partial charge in [0.1, 0.15) is 16.4 Å². The van der Waals surface area contributed by atoms with E-state index >= 15 is 0 Å². The molecule has 0 saturated heterocycles. The molecule has 3 N–H and O–H groups in total. The van der Waals surface area contributed by atoms with Gasteiger partial charge in [-0.05, 0) is 19.8 Å². The summed E-state index contributed by atoms with van der Waals surface area (Å²) in [6, 6.07) is 1.59. The number of nitrogens with one attached hydrogen (secondary N) is 1. The predicted molar refractivity (Wildman–Crippen MR) is 54.7 cm³/mol. The largest absolute Gasteiger partial charge is 0.464 e. The van der Waals surface area contributed by atoms with Crippen molar-refractivity contribution in [3.63, 3.8) is 0 Å². The lowest BCUT2D eigenvalue weighted by Crippen LogP contribution is -2.25. The highest BCUT2D eigenvalue weighted by Gasteiger charge is 2.30. The molecule has 0 aromatic carbocycles. The van der Waals surface area contributed by atoms with Crippen LogP contribution in [-0.4, -0.2) is 14.5 Å². The van der Waals surface area contributed by atoms with Crippen LogP contribution in [0.25, 0.3) is 0 Å². The van der Waals surface area contributed by atoms with E-state index in [1.807, 2.05) is 0 Å². The van der Waals surface area contributed by atoms with Gasteiger partial charge < -0.3 is 10.2 Å². The van der Waals surface area contributed by atoms with Crippen LogP contribution in [0.4, 0.5) is 0 Å². The molecule has 1 heterocycles. The summed E-state index contributed by atoms with van der Waals surface area (Å²) in [5.74, 6) is 0.882. The highest BCUT2D eigenvalue weighted by Crippen LogP contribution is 2.25. The fraction of sp³-hybridized carbons (Fsp3) is 0.556. The second-order valence-electron chi connectivity index (χ2n) is 3.73. The van der Waals surface area contributed by atoms with Crippen LogP contribution in [0.1, 0.15) is 24.4 Å². The molecule has 6 heteroatoms. The molecule has 84 valence electrons. The molecule has 0 spiro atoms. The first-order valence-electron chi connectivity index (χ1n) is 4.84. The minimum atomic E-state index is -3.42. The number of hydrogen-bond donors (Lipinski definition) is 2. The average Bonchev–Trinajstić information content (AvgIpc) is 2.85. The first kappa shape index (κ1) is 10.7. The monoisotopic (exact) mass is 230 g/mol. The number of nitrogens with two attached hydrogens (primary N) is 1.